The van der Waals surface area contributed by atoms with Crippen molar-refractivity contribution >= 4 is 11.0 Å². The fraction of sp³-hybridized carbons (Fsp3) is 0.118. The highest BCUT2D eigenvalue weighted by atomic mass is 16.5. The van der Waals surface area contributed by atoms with E-state index in [-0.39, 0.29) is 22.3 Å². The Bertz CT molecular complexity index is 878. The van der Waals surface area contributed by atoms with Crippen LogP contribution in [0.1, 0.15) is 0 Å². The minimum Gasteiger partial charge on any atom is -0.504 e. The fourth-order valence-corrected chi connectivity index (χ4v) is 2.32. The molecule has 5 nitrogen and oxygen atoms in total. The Morgan fingerprint density at radius 2 is 1.73 bits per heavy atom. The van der Waals surface area contributed by atoms with Gasteiger partial charge in [0, 0.05) is 0 Å². The van der Waals surface area contributed by atoms with Crippen molar-refractivity contribution in [3.63, 3.8) is 0 Å². The average molecular weight is 298 g/mol. The molecule has 112 valence electrons. The Balaban J connectivity index is 2.24. The molecule has 0 aliphatic carbocycles. The molecule has 1 aromatic heterocycles. The molecule has 3 aromatic rings. The van der Waals surface area contributed by atoms with Crippen molar-refractivity contribution in [2.45, 2.75) is 0 Å². The van der Waals surface area contributed by atoms with E-state index in [1.54, 1.807) is 43.5 Å². The molecule has 0 aliphatic heterocycles. The molecule has 3 rings (SSSR count). The molecule has 0 saturated carbocycles. The van der Waals surface area contributed by atoms with Gasteiger partial charge in [0.1, 0.15) is 23.0 Å². The summed E-state index contributed by atoms with van der Waals surface area (Å²) in [4.78, 5) is 12.7. The summed E-state index contributed by atoms with van der Waals surface area (Å²) in [5.41, 5.74) is 1.03. The lowest BCUT2D eigenvalue weighted by molar-refractivity contribution is 0.376. The summed E-state index contributed by atoms with van der Waals surface area (Å²) in [6, 6.07) is 10.2. The Kier molecular flexibility index (Phi) is 3.47. The van der Waals surface area contributed by atoms with Gasteiger partial charge in [-0.25, -0.2) is 0 Å². The third kappa shape index (κ3) is 2.16. The van der Waals surface area contributed by atoms with Gasteiger partial charge in [0.2, 0.25) is 5.43 Å². The zero-order chi connectivity index (χ0) is 15.7. The lowest BCUT2D eigenvalue weighted by Gasteiger charge is -2.07. The van der Waals surface area contributed by atoms with E-state index in [2.05, 4.69) is 0 Å². The molecule has 0 amide bonds. The Hall–Kier alpha value is -2.95. The van der Waals surface area contributed by atoms with Crippen LogP contribution in [0.2, 0.25) is 0 Å². The minimum atomic E-state index is -0.317. The number of benzene rings is 2. The van der Waals surface area contributed by atoms with E-state index in [1.165, 1.54) is 13.4 Å². The van der Waals surface area contributed by atoms with Crippen molar-refractivity contribution in [1.82, 2.24) is 0 Å². The summed E-state index contributed by atoms with van der Waals surface area (Å²) >= 11 is 0. The first-order chi connectivity index (χ1) is 10.7. The first-order valence-corrected chi connectivity index (χ1v) is 6.61. The molecule has 1 N–H and O–H groups in total. The molecule has 2 aromatic carbocycles. The molecular formula is C17H14O5. The number of hydrogen-bond acceptors (Lipinski definition) is 5. The second kappa shape index (κ2) is 5.44. The van der Waals surface area contributed by atoms with Crippen molar-refractivity contribution in [1.29, 1.82) is 0 Å². The molecule has 22 heavy (non-hydrogen) atoms. The normalized spacial score (nSPS) is 10.6. The van der Waals surface area contributed by atoms with Crippen molar-refractivity contribution < 1.29 is 19.0 Å². The van der Waals surface area contributed by atoms with E-state index >= 15 is 0 Å². The lowest BCUT2D eigenvalue weighted by atomic mass is 10.0. The number of aromatic hydroxyl groups is 1. The van der Waals surface area contributed by atoms with Gasteiger partial charge in [-0.15, -0.1) is 0 Å². The number of fused-ring (bicyclic) bond motifs is 1. The van der Waals surface area contributed by atoms with Crippen molar-refractivity contribution in [2.24, 2.45) is 0 Å². The van der Waals surface area contributed by atoms with E-state index in [0.717, 1.165) is 0 Å². The number of methoxy groups -OCH3 is 2. The maximum absolute atomic E-state index is 12.7. The van der Waals surface area contributed by atoms with Gasteiger partial charge in [-0.3, -0.25) is 4.79 Å². The molecule has 5 heteroatoms. The predicted molar refractivity (Wildman–Crippen MR) is 82.7 cm³/mol. The summed E-state index contributed by atoms with van der Waals surface area (Å²) in [5.74, 6) is 0.703. The first-order valence-electron chi connectivity index (χ1n) is 6.61. The maximum atomic E-state index is 12.7. The highest BCUT2D eigenvalue weighted by Gasteiger charge is 2.15. The van der Waals surface area contributed by atoms with Gasteiger partial charge in [0.15, 0.2) is 11.5 Å². The highest BCUT2D eigenvalue weighted by molar-refractivity contribution is 5.89. The number of ether oxygens (including phenoxy) is 2. The van der Waals surface area contributed by atoms with Gasteiger partial charge in [-0.05, 0) is 29.8 Å². The SMILES string of the molecule is COc1ccc(-c2coc3ccc(OC)c(O)c3c2=O)cc1. The van der Waals surface area contributed by atoms with Crippen molar-refractivity contribution in [2.75, 3.05) is 14.2 Å². The number of phenolic OH excluding ortho intramolecular Hbond substituents is 1. The molecule has 0 aliphatic rings. The van der Waals surface area contributed by atoms with Crippen LogP contribution in [0.5, 0.6) is 17.2 Å². The van der Waals surface area contributed by atoms with Gasteiger partial charge in [-0.2, -0.15) is 0 Å². The number of rotatable bonds is 3. The van der Waals surface area contributed by atoms with Crippen molar-refractivity contribution in [3.8, 4) is 28.4 Å². The molecular weight excluding hydrogens is 284 g/mol. The third-order valence-corrected chi connectivity index (χ3v) is 3.50. The minimum absolute atomic E-state index is 0.104. The quantitative estimate of drug-likeness (QED) is 0.804. The van der Waals surface area contributed by atoms with Gasteiger partial charge >= 0.3 is 0 Å². The van der Waals surface area contributed by atoms with Crippen LogP contribution in [0.3, 0.4) is 0 Å². The van der Waals surface area contributed by atoms with Gasteiger partial charge in [-0.1, -0.05) is 12.1 Å². The summed E-state index contributed by atoms with van der Waals surface area (Å²) in [7, 11) is 3.00. The van der Waals surface area contributed by atoms with E-state index in [1.807, 2.05) is 0 Å². The highest BCUT2D eigenvalue weighted by Crippen LogP contribution is 2.33. The fourth-order valence-electron chi connectivity index (χ4n) is 2.32. The predicted octanol–water partition coefficient (Wildman–Crippen LogP) is 3.18. The molecule has 0 fully saturated rings. The van der Waals surface area contributed by atoms with Crippen LogP contribution in [-0.2, 0) is 0 Å². The molecule has 0 saturated heterocycles. The molecule has 0 spiro atoms. The van der Waals surface area contributed by atoms with E-state index in [9.17, 15) is 9.90 Å². The van der Waals surface area contributed by atoms with E-state index in [4.69, 9.17) is 13.9 Å². The van der Waals surface area contributed by atoms with Gasteiger partial charge < -0.3 is 19.0 Å². The zero-order valence-corrected chi connectivity index (χ0v) is 12.1. The van der Waals surface area contributed by atoms with Crippen molar-refractivity contribution in [3.05, 3.63) is 52.9 Å². The van der Waals surface area contributed by atoms with Crippen LogP contribution in [0.15, 0.2) is 51.9 Å². The van der Waals surface area contributed by atoms with Crippen LogP contribution >= 0.6 is 0 Å². The molecule has 0 radical (unpaired) electrons. The Morgan fingerprint density at radius 3 is 2.36 bits per heavy atom. The summed E-state index contributed by atoms with van der Waals surface area (Å²) in [5, 5.41) is 10.3. The molecule has 1 heterocycles. The summed E-state index contributed by atoms with van der Waals surface area (Å²) in [6.45, 7) is 0. The molecule has 0 atom stereocenters. The number of phenols is 1. The van der Waals surface area contributed by atoms with Crippen LogP contribution in [0, 0.1) is 0 Å². The second-order valence-electron chi connectivity index (χ2n) is 4.70. The van der Waals surface area contributed by atoms with Crippen LogP contribution < -0.4 is 14.9 Å². The van der Waals surface area contributed by atoms with Crippen LogP contribution in [0.25, 0.3) is 22.1 Å². The molecule has 0 bridgehead atoms. The van der Waals surface area contributed by atoms with Crippen LogP contribution in [0.4, 0.5) is 0 Å². The van der Waals surface area contributed by atoms with Gasteiger partial charge in [0.05, 0.1) is 19.8 Å². The third-order valence-electron chi connectivity index (χ3n) is 3.50. The Morgan fingerprint density at radius 1 is 1.00 bits per heavy atom. The summed E-state index contributed by atoms with van der Waals surface area (Å²) in [6.07, 6.45) is 1.39. The van der Waals surface area contributed by atoms with E-state index in [0.29, 0.717) is 22.5 Å². The first kappa shape index (κ1) is 14.0. The smallest absolute Gasteiger partial charge is 0.204 e. The zero-order valence-electron chi connectivity index (χ0n) is 12.1. The Labute approximate surface area is 126 Å². The standard InChI is InChI=1S/C17H14O5/c1-20-11-5-3-10(4-6-11)12-9-22-13-7-8-14(21-2)17(19)15(13)16(12)18/h3-9,19H,1-2H3. The molecule has 0 unspecified atom stereocenters. The second-order valence-corrected chi connectivity index (χ2v) is 4.70. The van der Waals surface area contributed by atoms with E-state index < -0.39 is 0 Å². The van der Waals surface area contributed by atoms with Crippen LogP contribution in [-0.4, -0.2) is 19.3 Å². The monoisotopic (exact) mass is 298 g/mol. The largest absolute Gasteiger partial charge is 0.504 e. The average Bonchev–Trinajstić information content (AvgIpc) is 2.55. The lowest BCUT2D eigenvalue weighted by Crippen LogP contribution is -2.05. The maximum Gasteiger partial charge on any atom is 0.204 e. The summed E-state index contributed by atoms with van der Waals surface area (Å²) < 4.78 is 15.6. The van der Waals surface area contributed by atoms with Gasteiger partial charge in [0.25, 0.3) is 0 Å². The number of hydrogen-bond donors (Lipinski definition) is 1. The topological polar surface area (TPSA) is 68.9 Å².